The van der Waals surface area contributed by atoms with E-state index in [1.165, 1.54) is 37.1 Å². The monoisotopic (exact) mass is 364 g/mol. The van der Waals surface area contributed by atoms with E-state index < -0.39 is 0 Å². The first-order valence-electron chi connectivity index (χ1n) is 9.88. The predicted molar refractivity (Wildman–Crippen MR) is 106 cm³/mol. The first kappa shape index (κ1) is 17.9. The van der Waals surface area contributed by atoms with Gasteiger partial charge in [0, 0.05) is 43.0 Å². The van der Waals surface area contributed by atoms with Gasteiger partial charge in [0.1, 0.15) is 5.69 Å². The molecule has 6 heteroatoms. The van der Waals surface area contributed by atoms with Crippen LogP contribution in [0.3, 0.4) is 0 Å². The van der Waals surface area contributed by atoms with Gasteiger partial charge in [0.25, 0.3) is 0 Å². The molecule has 1 unspecified atom stereocenters. The zero-order valence-corrected chi connectivity index (χ0v) is 16.3. The summed E-state index contributed by atoms with van der Waals surface area (Å²) < 4.78 is 3.96. The summed E-state index contributed by atoms with van der Waals surface area (Å²) in [6.07, 6.45) is 9.06. The van der Waals surface area contributed by atoms with E-state index in [2.05, 4.69) is 45.6 Å². The summed E-state index contributed by atoms with van der Waals surface area (Å²) in [4.78, 5) is 2.63. The maximum atomic E-state index is 4.40. The second-order valence-corrected chi connectivity index (χ2v) is 7.52. The molecule has 27 heavy (non-hydrogen) atoms. The molecule has 1 saturated heterocycles. The molecule has 0 spiro atoms. The van der Waals surface area contributed by atoms with Crippen LogP contribution in [0.1, 0.15) is 36.9 Å². The molecule has 3 heterocycles. The molecule has 3 aromatic rings. The van der Waals surface area contributed by atoms with Crippen LogP contribution in [0.2, 0.25) is 0 Å². The lowest BCUT2D eigenvalue weighted by molar-refractivity contribution is 0.127. The molecule has 142 valence electrons. The van der Waals surface area contributed by atoms with Gasteiger partial charge < -0.3 is 0 Å². The van der Waals surface area contributed by atoms with Gasteiger partial charge in [0.05, 0.1) is 12.4 Å². The molecule has 0 N–H and O–H groups in total. The van der Waals surface area contributed by atoms with E-state index in [0.29, 0.717) is 6.04 Å². The molecule has 0 aliphatic carbocycles. The summed E-state index contributed by atoms with van der Waals surface area (Å²) >= 11 is 0. The normalized spacial score (nSPS) is 18.1. The van der Waals surface area contributed by atoms with Gasteiger partial charge in [-0.05, 0) is 32.7 Å². The fraction of sp³-hybridized carbons (Fsp3) is 0.476. The standard InChI is InChI=1S/C21H28N6/c1-17-19(14-22-25(17)2)15-26-12-7-6-10-20(26)11-13-27-16-21(23-24-27)18-8-4-3-5-9-18/h3-5,8-9,14,16,20H,6-7,10-13,15H2,1-2H3. The van der Waals surface area contributed by atoms with E-state index in [1.807, 2.05) is 40.8 Å². The van der Waals surface area contributed by atoms with E-state index in [-0.39, 0.29) is 0 Å². The zero-order valence-electron chi connectivity index (χ0n) is 16.3. The molecule has 0 radical (unpaired) electrons. The molecule has 1 aliphatic rings. The molecule has 2 aromatic heterocycles. The molecule has 1 atom stereocenters. The van der Waals surface area contributed by atoms with Crippen LogP contribution in [0.4, 0.5) is 0 Å². The number of nitrogens with zero attached hydrogens (tertiary/aromatic N) is 6. The highest BCUT2D eigenvalue weighted by Crippen LogP contribution is 2.23. The molecule has 0 amide bonds. The Kier molecular flexibility index (Phi) is 5.34. The lowest BCUT2D eigenvalue weighted by Crippen LogP contribution is -2.39. The van der Waals surface area contributed by atoms with Crippen LogP contribution in [0.25, 0.3) is 11.3 Å². The summed E-state index contributed by atoms with van der Waals surface area (Å²) in [5.41, 5.74) is 4.68. The highest BCUT2D eigenvalue weighted by Gasteiger charge is 2.23. The van der Waals surface area contributed by atoms with Crippen molar-refractivity contribution in [2.24, 2.45) is 7.05 Å². The Morgan fingerprint density at radius 1 is 1.15 bits per heavy atom. The summed E-state index contributed by atoms with van der Waals surface area (Å²) in [7, 11) is 2.02. The number of benzene rings is 1. The van der Waals surface area contributed by atoms with Crippen molar-refractivity contribution < 1.29 is 0 Å². The van der Waals surface area contributed by atoms with Crippen LogP contribution >= 0.6 is 0 Å². The third kappa shape index (κ3) is 4.11. The minimum Gasteiger partial charge on any atom is -0.296 e. The molecular formula is C21H28N6. The average molecular weight is 364 g/mol. The van der Waals surface area contributed by atoms with Crippen LogP contribution in [0.5, 0.6) is 0 Å². The van der Waals surface area contributed by atoms with Crippen LogP contribution in [0, 0.1) is 6.92 Å². The summed E-state index contributed by atoms with van der Waals surface area (Å²) in [6.45, 7) is 5.23. The SMILES string of the molecule is Cc1c(CN2CCCCC2CCn2cc(-c3ccccc3)nn2)cnn1C. The van der Waals surface area contributed by atoms with Gasteiger partial charge in [-0.25, -0.2) is 0 Å². The molecule has 1 aromatic carbocycles. The number of piperidine rings is 1. The summed E-state index contributed by atoms with van der Waals surface area (Å²) in [6, 6.07) is 10.8. The van der Waals surface area contributed by atoms with Crippen molar-refractivity contribution in [2.75, 3.05) is 6.54 Å². The molecule has 0 saturated carbocycles. The summed E-state index contributed by atoms with van der Waals surface area (Å²) in [5.74, 6) is 0. The van der Waals surface area contributed by atoms with Gasteiger partial charge in [0.15, 0.2) is 0 Å². The number of aromatic nitrogens is 5. The van der Waals surface area contributed by atoms with Crippen molar-refractivity contribution >= 4 is 0 Å². The highest BCUT2D eigenvalue weighted by molar-refractivity contribution is 5.57. The van der Waals surface area contributed by atoms with Gasteiger partial charge in [-0.3, -0.25) is 14.3 Å². The lowest BCUT2D eigenvalue weighted by Gasteiger charge is -2.35. The van der Waals surface area contributed by atoms with E-state index in [4.69, 9.17) is 0 Å². The molecule has 0 bridgehead atoms. The Morgan fingerprint density at radius 3 is 2.78 bits per heavy atom. The maximum Gasteiger partial charge on any atom is 0.113 e. The van der Waals surface area contributed by atoms with Crippen molar-refractivity contribution in [1.82, 2.24) is 29.7 Å². The average Bonchev–Trinajstić information content (AvgIpc) is 3.30. The van der Waals surface area contributed by atoms with Crippen LogP contribution in [-0.2, 0) is 20.1 Å². The Balaban J connectivity index is 1.39. The number of rotatable bonds is 6. The predicted octanol–water partition coefficient (Wildman–Crippen LogP) is 3.43. The largest absolute Gasteiger partial charge is 0.296 e. The van der Waals surface area contributed by atoms with Crippen LogP contribution < -0.4 is 0 Å². The number of aryl methyl sites for hydroxylation is 2. The Bertz CT molecular complexity index is 866. The van der Waals surface area contributed by atoms with Gasteiger partial charge in [-0.15, -0.1) is 5.10 Å². The molecule has 6 nitrogen and oxygen atoms in total. The Labute approximate surface area is 160 Å². The Hall–Kier alpha value is -2.47. The molecule has 1 aliphatic heterocycles. The van der Waals surface area contributed by atoms with Crippen molar-refractivity contribution in [3.63, 3.8) is 0 Å². The van der Waals surface area contributed by atoms with E-state index in [9.17, 15) is 0 Å². The minimum atomic E-state index is 0.600. The fourth-order valence-electron chi connectivity index (χ4n) is 3.94. The quantitative estimate of drug-likeness (QED) is 0.672. The van der Waals surface area contributed by atoms with E-state index in [1.54, 1.807) is 0 Å². The molecule has 1 fully saturated rings. The fourth-order valence-corrected chi connectivity index (χ4v) is 3.94. The van der Waals surface area contributed by atoms with Crippen LogP contribution in [0.15, 0.2) is 42.7 Å². The van der Waals surface area contributed by atoms with Crippen molar-refractivity contribution in [2.45, 2.75) is 51.7 Å². The van der Waals surface area contributed by atoms with Crippen molar-refractivity contribution in [3.8, 4) is 11.3 Å². The smallest absolute Gasteiger partial charge is 0.113 e. The highest BCUT2D eigenvalue weighted by atomic mass is 15.4. The summed E-state index contributed by atoms with van der Waals surface area (Å²) in [5, 5.41) is 13.1. The van der Waals surface area contributed by atoms with Gasteiger partial charge in [-0.1, -0.05) is 42.0 Å². The van der Waals surface area contributed by atoms with E-state index in [0.717, 1.165) is 30.8 Å². The third-order valence-electron chi connectivity index (χ3n) is 5.76. The lowest BCUT2D eigenvalue weighted by atomic mass is 9.98. The second-order valence-electron chi connectivity index (χ2n) is 7.52. The van der Waals surface area contributed by atoms with Crippen LogP contribution in [-0.4, -0.2) is 42.3 Å². The first-order valence-corrected chi connectivity index (χ1v) is 9.88. The third-order valence-corrected chi connectivity index (χ3v) is 5.76. The minimum absolute atomic E-state index is 0.600. The molecular weight excluding hydrogens is 336 g/mol. The Morgan fingerprint density at radius 2 is 2.00 bits per heavy atom. The number of hydrogen-bond acceptors (Lipinski definition) is 4. The molecule has 4 rings (SSSR count). The van der Waals surface area contributed by atoms with Gasteiger partial charge in [0.2, 0.25) is 0 Å². The van der Waals surface area contributed by atoms with Crippen molar-refractivity contribution in [3.05, 3.63) is 54.0 Å². The van der Waals surface area contributed by atoms with Crippen molar-refractivity contribution in [1.29, 1.82) is 0 Å². The van der Waals surface area contributed by atoms with Gasteiger partial charge in [-0.2, -0.15) is 5.10 Å². The second kappa shape index (κ2) is 8.05. The maximum absolute atomic E-state index is 4.40. The van der Waals surface area contributed by atoms with E-state index >= 15 is 0 Å². The number of hydrogen-bond donors (Lipinski definition) is 0. The topological polar surface area (TPSA) is 51.8 Å². The number of likely N-dealkylation sites (tertiary alicyclic amines) is 1. The first-order chi connectivity index (χ1) is 13.2. The van der Waals surface area contributed by atoms with Gasteiger partial charge >= 0.3 is 0 Å². The zero-order chi connectivity index (χ0) is 18.6.